The number of benzene rings is 1. The van der Waals surface area contributed by atoms with Crippen LogP contribution in [0.4, 0.5) is 10.6 Å². The highest BCUT2D eigenvalue weighted by molar-refractivity contribution is 5.70. The standard InChI is InChI=1S/C33H43N5O4/c1-32(2,3)42-31(40)37-18-24-10-7-11-25(19-37)38(24)29-26-12-15-36(17-23-8-5-4-6-9-23)20-28(26)27(16-34)30(35-29)41-22-33(21-39)13-14-33/h4-6,8-9,24-25,39H,7,10-15,17-22H2,1-3H3/t24-,25+. The van der Waals surface area contributed by atoms with Crippen molar-refractivity contribution in [1.82, 2.24) is 14.8 Å². The number of ether oxygens (including phenoxy) is 2. The number of carbonyl (C=O) groups is 1. The van der Waals surface area contributed by atoms with Gasteiger partial charge in [-0.3, -0.25) is 4.90 Å². The number of piperidine rings is 1. The normalized spacial score (nSPS) is 23.1. The van der Waals surface area contributed by atoms with Crippen LogP contribution in [0.15, 0.2) is 30.3 Å². The van der Waals surface area contributed by atoms with Gasteiger partial charge in [0.25, 0.3) is 0 Å². The maximum absolute atomic E-state index is 13.0. The van der Waals surface area contributed by atoms with Crippen LogP contribution in [0.1, 0.15) is 75.1 Å². The van der Waals surface area contributed by atoms with Gasteiger partial charge in [-0.1, -0.05) is 30.3 Å². The number of anilines is 1. The van der Waals surface area contributed by atoms with Crippen molar-refractivity contribution >= 4 is 11.9 Å². The Kier molecular flexibility index (Phi) is 7.79. The third-order valence-electron chi connectivity index (χ3n) is 9.21. The van der Waals surface area contributed by atoms with Crippen molar-refractivity contribution in [2.24, 2.45) is 5.41 Å². The molecule has 4 aliphatic rings. The van der Waals surface area contributed by atoms with Gasteiger partial charge in [0.1, 0.15) is 23.1 Å². The van der Waals surface area contributed by atoms with Crippen molar-refractivity contribution in [2.75, 3.05) is 37.7 Å². The lowest BCUT2D eigenvalue weighted by molar-refractivity contribution is 0.0154. The summed E-state index contributed by atoms with van der Waals surface area (Å²) in [4.78, 5) is 24.8. The van der Waals surface area contributed by atoms with Crippen LogP contribution in [0.5, 0.6) is 5.88 Å². The Morgan fingerprint density at radius 2 is 1.86 bits per heavy atom. The second-order valence-electron chi connectivity index (χ2n) is 13.6. The molecule has 6 rings (SSSR count). The number of piperazine rings is 1. The average molecular weight is 574 g/mol. The van der Waals surface area contributed by atoms with E-state index >= 15 is 0 Å². The summed E-state index contributed by atoms with van der Waals surface area (Å²) < 4.78 is 12.0. The molecule has 0 unspecified atom stereocenters. The quantitative estimate of drug-likeness (QED) is 0.511. The minimum Gasteiger partial charge on any atom is -0.476 e. The molecule has 1 aromatic carbocycles. The van der Waals surface area contributed by atoms with Gasteiger partial charge in [0.15, 0.2) is 0 Å². The number of nitrogens with zero attached hydrogens (tertiary/aromatic N) is 5. The van der Waals surface area contributed by atoms with E-state index in [2.05, 4.69) is 40.1 Å². The molecule has 4 heterocycles. The third-order valence-corrected chi connectivity index (χ3v) is 9.21. The van der Waals surface area contributed by atoms with Crippen LogP contribution in [0, 0.1) is 16.7 Å². The maximum Gasteiger partial charge on any atom is 0.410 e. The summed E-state index contributed by atoms with van der Waals surface area (Å²) >= 11 is 0. The Hall–Kier alpha value is -3.35. The lowest BCUT2D eigenvalue weighted by Crippen LogP contribution is -2.63. The minimum absolute atomic E-state index is 0.0777. The topological polar surface area (TPSA) is 102 Å². The van der Waals surface area contributed by atoms with Crippen LogP contribution in [-0.4, -0.2) is 76.5 Å². The molecule has 3 fully saturated rings. The van der Waals surface area contributed by atoms with Crippen LogP contribution in [0.2, 0.25) is 0 Å². The summed E-state index contributed by atoms with van der Waals surface area (Å²) in [5.41, 5.74) is 3.13. The number of hydrogen-bond donors (Lipinski definition) is 1. The van der Waals surface area contributed by atoms with E-state index in [4.69, 9.17) is 14.5 Å². The molecule has 1 N–H and O–H groups in total. The summed E-state index contributed by atoms with van der Waals surface area (Å²) in [5.74, 6) is 1.28. The molecule has 0 radical (unpaired) electrons. The highest BCUT2D eigenvalue weighted by atomic mass is 16.6. The summed E-state index contributed by atoms with van der Waals surface area (Å²) in [6, 6.07) is 13.1. The molecule has 3 aliphatic heterocycles. The summed E-state index contributed by atoms with van der Waals surface area (Å²) in [7, 11) is 0. The van der Waals surface area contributed by atoms with Gasteiger partial charge in [0, 0.05) is 55.8 Å². The summed E-state index contributed by atoms with van der Waals surface area (Å²) in [6.07, 6.45) is 5.43. The van der Waals surface area contributed by atoms with Crippen LogP contribution in [0.25, 0.3) is 0 Å². The number of amides is 1. The second kappa shape index (κ2) is 11.4. The van der Waals surface area contributed by atoms with Gasteiger partial charge in [-0.2, -0.15) is 10.2 Å². The number of hydrogen-bond acceptors (Lipinski definition) is 8. The maximum atomic E-state index is 13.0. The van der Waals surface area contributed by atoms with Crippen molar-refractivity contribution in [3.8, 4) is 11.9 Å². The average Bonchev–Trinajstić information content (AvgIpc) is 3.75. The molecule has 2 atom stereocenters. The summed E-state index contributed by atoms with van der Waals surface area (Å²) in [5, 5.41) is 20.3. The molecule has 2 aromatic rings. The number of nitriles is 1. The number of pyridine rings is 1. The zero-order chi connectivity index (χ0) is 29.5. The number of likely N-dealkylation sites (tertiary alicyclic amines) is 1. The van der Waals surface area contributed by atoms with Crippen LogP contribution >= 0.6 is 0 Å². The van der Waals surface area contributed by atoms with E-state index in [1.807, 2.05) is 31.7 Å². The number of fused-ring (bicyclic) bond motifs is 3. The van der Waals surface area contributed by atoms with Crippen LogP contribution in [0.3, 0.4) is 0 Å². The zero-order valence-electron chi connectivity index (χ0n) is 25.1. The smallest absolute Gasteiger partial charge is 0.410 e. The predicted octanol–water partition coefficient (Wildman–Crippen LogP) is 4.64. The zero-order valence-corrected chi connectivity index (χ0v) is 25.1. The molecule has 9 heteroatoms. The number of aliphatic hydroxyl groups is 1. The highest BCUT2D eigenvalue weighted by Crippen LogP contribution is 2.46. The molecular weight excluding hydrogens is 530 g/mol. The van der Waals surface area contributed by atoms with Gasteiger partial charge in [0.05, 0.1) is 13.2 Å². The molecular formula is C33H43N5O4. The van der Waals surface area contributed by atoms with Crippen LogP contribution in [-0.2, 0) is 24.2 Å². The Labute approximate surface area is 249 Å². The molecule has 1 aromatic heterocycles. The molecule has 1 amide bonds. The Bertz CT molecular complexity index is 1330. The Morgan fingerprint density at radius 3 is 2.48 bits per heavy atom. The first-order valence-electron chi connectivity index (χ1n) is 15.4. The largest absolute Gasteiger partial charge is 0.476 e. The van der Waals surface area contributed by atoms with Gasteiger partial charge >= 0.3 is 6.09 Å². The molecule has 1 aliphatic carbocycles. The van der Waals surface area contributed by atoms with Crippen molar-refractivity contribution in [3.63, 3.8) is 0 Å². The Balaban J connectivity index is 1.34. The van der Waals surface area contributed by atoms with Crippen LogP contribution < -0.4 is 9.64 Å². The van der Waals surface area contributed by atoms with Gasteiger partial charge in [-0.05, 0) is 70.4 Å². The minimum atomic E-state index is -0.539. The first-order chi connectivity index (χ1) is 20.2. The fourth-order valence-corrected chi connectivity index (χ4v) is 6.73. The molecule has 42 heavy (non-hydrogen) atoms. The van der Waals surface area contributed by atoms with E-state index in [9.17, 15) is 15.2 Å². The molecule has 1 saturated carbocycles. The Morgan fingerprint density at radius 1 is 1.14 bits per heavy atom. The van der Waals surface area contributed by atoms with Gasteiger partial charge in [0.2, 0.25) is 5.88 Å². The molecule has 9 nitrogen and oxygen atoms in total. The first kappa shape index (κ1) is 28.8. The predicted molar refractivity (Wildman–Crippen MR) is 159 cm³/mol. The van der Waals surface area contributed by atoms with Gasteiger partial charge < -0.3 is 24.4 Å². The second-order valence-corrected chi connectivity index (χ2v) is 13.6. The number of aromatic nitrogens is 1. The van der Waals surface area contributed by atoms with E-state index in [0.29, 0.717) is 37.7 Å². The number of carbonyl (C=O) groups excluding carboxylic acids is 1. The van der Waals surface area contributed by atoms with Crippen molar-refractivity contribution in [3.05, 3.63) is 52.6 Å². The van der Waals surface area contributed by atoms with Gasteiger partial charge in [-0.25, -0.2) is 4.79 Å². The highest BCUT2D eigenvalue weighted by Gasteiger charge is 2.45. The van der Waals surface area contributed by atoms with Crippen molar-refractivity contribution in [2.45, 2.75) is 90.1 Å². The van der Waals surface area contributed by atoms with E-state index in [-0.39, 0.29) is 30.2 Å². The molecule has 224 valence electrons. The SMILES string of the molecule is CC(C)(C)OC(=O)N1C[C@H]2CCC[C@@H](C1)N2c1nc(OCC2(CO)CC2)c(C#N)c2c1CCN(Cc1ccccc1)C2. The fraction of sp³-hybridized carbons (Fsp3) is 0.606. The summed E-state index contributed by atoms with van der Waals surface area (Å²) in [6.45, 7) is 9.66. The van der Waals surface area contributed by atoms with E-state index in [1.165, 1.54) is 5.56 Å². The van der Waals surface area contributed by atoms with E-state index in [0.717, 1.165) is 68.6 Å². The molecule has 0 spiro atoms. The third kappa shape index (κ3) is 5.93. The van der Waals surface area contributed by atoms with Crippen molar-refractivity contribution < 1.29 is 19.4 Å². The lowest BCUT2D eigenvalue weighted by Gasteiger charge is -2.51. The van der Waals surface area contributed by atoms with E-state index < -0.39 is 5.60 Å². The van der Waals surface area contributed by atoms with E-state index in [1.54, 1.807) is 0 Å². The fourth-order valence-electron chi connectivity index (χ4n) is 6.73. The van der Waals surface area contributed by atoms with Crippen molar-refractivity contribution in [1.29, 1.82) is 5.26 Å². The monoisotopic (exact) mass is 573 g/mol. The number of rotatable bonds is 7. The molecule has 2 saturated heterocycles. The lowest BCUT2D eigenvalue weighted by atomic mass is 9.88. The van der Waals surface area contributed by atoms with Gasteiger partial charge in [-0.15, -0.1) is 0 Å². The first-order valence-corrected chi connectivity index (χ1v) is 15.4. The molecule has 2 bridgehead atoms. The number of aliphatic hydroxyl groups excluding tert-OH is 1.